The highest BCUT2D eigenvalue weighted by Gasteiger charge is 2.27. The maximum atomic E-state index is 9.10. The second-order valence-corrected chi connectivity index (χ2v) is 5.03. The summed E-state index contributed by atoms with van der Waals surface area (Å²) >= 11 is 1.99. The van der Waals surface area contributed by atoms with Gasteiger partial charge in [0.1, 0.15) is 0 Å². The lowest BCUT2D eigenvalue weighted by atomic mass is 10.1. The van der Waals surface area contributed by atoms with Gasteiger partial charge in [0.25, 0.3) is 0 Å². The van der Waals surface area contributed by atoms with Crippen LogP contribution in [0, 0.1) is 5.92 Å². The molecular weight excluding hydrogens is 170 g/mol. The summed E-state index contributed by atoms with van der Waals surface area (Å²) in [5.41, 5.74) is 0. The first-order valence-electron chi connectivity index (χ1n) is 4.83. The van der Waals surface area contributed by atoms with Crippen LogP contribution in [-0.2, 0) is 0 Å². The minimum Gasteiger partial charge on any atom is -0.395 e. The van der Waals surface area contributed by atoms with Crippen LogP contribution in [0.4, 0.5) is 0 Å². The number of aliphatic hydroxyl groups is 1. The van der Waals surface area contributed by atoms with E-state index >= 15 is 0 Å². The summed E-state index contributed by atoms with van der Waals surface area (Å²) in [4.78, 5) is 0. The third kappa shape index (κ3) is 2.38. The van der Waals surface area contributed by atoms with Crippen molar-refractivity contribution in [3.63, 3.8) is 0 Å². The molecule has 0 aromatic carbocycles. The molecule has 3 heteroatoms. The Balaban J connectivity index is 1.65. The predicted octanol–water partition coefficient (Wildman–Crippen LogP) is 0.852. The molecule has 1 aliphatic carbocycles. The topological polar surface area (TPSA) is 32.3 Å². The predicted molar refractivity (Wildman–Crippen MR) is 52.5 cm³/mol. The zero-order chi connectivity index (χ0) is 8.39. The fourth-order valence-electron chi connectivity index (χ4n) is 1.62. The molecule has 2 fully saturated rings. The van der Waals surface area contributed by atoms with E-state index in [2.05, 4.69) is 5.32 Å². The first kappa shape index (κ1) is 8.85. The van der Waals surface area contributed by atoms with Gasteiger partial charge in [-0.05, 0) is 12.3 Å². The van der Waals surface area contributed by atoms with Crippen molar-refractivity contribution >= 4 is 11.8 Å². The van der Waals surface area contributed by atoms with E-state index in [0.29, 0.717) is 18.7 Å². The van der Waals surface area contributed by atoms with E-state index in [-0.39, 0.29) is 0 Å². The van der Waals surface area contributed by atoms with Crippen molar-refractivity contribution in [2.45, 2.75) is 31.3 Å². The Hall–Kier alpha value is 0.270. The zero-order valence-electron chi connectivity index (χ0n) is 7.33. The zero-order valence-corrected chi connectivity index (χ0v) is 8.15. The largest absolute Gasteiger partial charge is 0.395 e. The molecule has 2 rings (SSSR count). The van der Waals surface area contributed by atoms with Gasteiger partial charge in [-0.25, -0.2) is 0 Å². The number of thioether (sulfide) groups is 1. The summed E-state index contributed by atoms with van der Waals surface area (Å²) in [7, 11) is 0. The molecular formula is C9H17NOS. The number of hydrogen-bond acceptors (Lipinski definition) is 3. The van der Waals surface area contributed by atoms with E-state index in [1.165, 1.54) is 30.8 Å². The van der Waals surface area contributed by atoms with Crippen LogP contribution in [0.5, 0.6) is 0 Å². The van der Waals surface area contributed by atoms with Crippen molar-refractivity contribution in [3.8, 4) is 0 Å². The molecule has 0 radical (unpaired) electrons. The second kappa shape index (κ2) is 3.99. The quantitative estimate of drug-likeness (QED) is 0.669. The molecule has 12 heavy (non-hydrogen) atoms. The average Bonchev–Trinajstić information content (AvgIpc) is 2.77. The highest BCUT2D eigenvalue weighted by molar-refractivity contribution is 8.00. The molecule has 70 valence electrons. The normalized spacial score (nSPS) is 26.8. The fraction of sp³-hybridized carbons (Fsp3) is 1.00. The summed E-state index contributed by atoms with van der Waals surface area (Å²) in [5.74, 6) is 3.39. The Bertz CT molecular complexity index is 145. The van der Waals surface area contributed by atoms with Crippen LogP contribution >= 0.6 is 11.8 Å². The van der Waals surface area contributed by atoms with Gasteiger partial charge in [-0.3, -0.25) is 0 Å². The van der Waals surface area contributed by atoms with Crippen LogP contribution in [0.15, 0.2) is 0 Å². The molecule has 1 saturated heterocycles. The Labute approximate surface area is 78.1 Å². The fourth-order valence-corrected chi connectivity index (χ4v) is 2.28. The third-order valence-corrected chi connectivity index (χ3v) is 3.92. The summed E-state index contributed by atoms with van der Waals surface area (Å²) in [6, 6.07) is 1.06. The van der Waals surface area contributed by atoms with Crippen molar-refractivity contribution in [2.75, 3.05) is 18.1 Å². The van der Waals surface area contributed by atoms with E-state index in [9.17, 15) is 0 Å². The molecule has 1 heterocycles. The summed E-state index contributed by atoms with van der Waals surface area (Å²) in [5, 5.41) is 12.6. The lowest BCUT2D eigenvalue weighted by molar-refractivity contribution is 0.223. The van der Waals surface area contributed by atoms with Crippen LogP contribution in [0.25, 0.3) is 0 Å². The maximum absolute atomic E-state index is 9.10. The molecule has 0 spiro atoms. The smallest absolute Gasteiger partial charge is 0.0584 e. The number of hydrogen-bond donors (Lipinski definition) is 2. The van der Waals surface area contributed by atoms with Crippen LogP contribution < -0.4 is 5.32 Å². The minimum atomic E-state index is 0.317. The van der Waals surface area contributed by atoms with E-state index in [1.54, 1.807) is 0 Å². The molecule has 2 N–H and O–H groups in total. The van der Waals surface area contributed by atoms with Gasteiger partial charge in [0.05, 0.1) is 6.61 Å². The molecule has 2 nitrogen and oxygen atoms in total. The Morgan fingerprint density at radius 3 is 2.58 bits per heavy atom. The minimum absolute atomic E-state index is 0.317. The Kier molecular flexibility index (Phi) is 2.94. The second-order valence-electron chi connectivity index (χ2n) is 3.96. The molecule has 0 aromatic heterocycles. The summed E-state index contributed by atoms with van der Waals surface area (Å²) in [6.45, 7) is 0.317. The molecule has 0 aromatic rings. The van der Waals surface area contributed by atoms with Crippen molar-refractivity contribution in [1.82, 2.24) is 5.32 Å². The monoisotopic (exact) mass is 187 g/mol. The number of aliphatic hydroxyl groups excluding tert-OH is 1. The van der Waals surface area contributed by atoms with Crippen molar-refractivity contribution in [3.05, 3.63) is 0 Å². The van der Waals surface area contributed by atoms with E-state index in [0.717, 1.165) is 5.92 Å². The molecule has 2 aliphatic rings. The van der Waals surface area contributed by atoms with Gasteiger partial charge < -0.3 is 10.4 Å². The van der Waals surface area contributed by atoms with E-state index in [4.69, 9.17) is 5.11 Å². The van der Waals surface area contributed by atoms with Gasteiger partial charge in [-0.1, -0.05) is 12.8 Å². The van der Waals surface area contributed by atoms with Crippen molar-refractivity contribution in [2.24, 2.45) is 5.92 Å². The van der Waals surface area contributed by atoms with E-state index in [1.807, 2.05) is 11.8 Å². The Morgan fingerprint density at radius 1 is 1.42 bits per heavy atom. The lowest BCUT2D eigenvalue weighted by Gasteiger charge is -2.30. The maximum Gasteiger partial charge on any atom is 0.0584 e. The van der Waals surface area contributed by atoms with E-state index < -0.39 is 0 Å². The molecule has 0 bridgehead atoms. The van der Waals surface area contributed by atoms with Gasteiger partial charge in [0.2, 0.25) is 0 Å². The average molecular weight is 187 g/mol. The van der Waals surface area contributed by atoms with Crippen LogP contribution in [0.2, 0.25) is 0 Å². The van der Waals surface area contributed by atoms with Gasteiger partial charge in [0.15, 0.2) is 0 Å². The van der Waals surface area contributed by atoms with Crippen LogP contribution in [-0.4, -0.2) is 35.3 Å². The Morgan fingerprint density at radius 2 is 2.17 bits per heavy atom. The number of nitrogens with one attached hydrogen (secondary N) is 1. The van der Waals surface area contributed by atoms with Crippen LogP contribution in [0.1, 0.15) is 19.3 Å². The third-order valence-electron chi connectivity index (χ3n) is 2.64. The van der Waals surface area contributed by atoms with Gasteiger partial charge >= 0.3 is 0 Å². The molecule has 1 saturated carbocycles. The van der Waals surface area contributed by atoms with Crippen molar-refractivity contribution in [1.29, 1.82) is 0 Å². The lowest BCUT2D eigenvalue weighted by Crippen LogP contribution is -2.47. The van der Waals surface area contributed by atoms with Gasteiger partial charge in [-0.2, -0.15) is 11.8 Å². The summed E-state index contributed by atoms with van der Waals surface area (Å²) < 4.78 is 0. The SMILES string of the molecule is OCC(CC1CC1)NC1CSC1. The molecule has 1 atom stereocenters. The highest BCUT2D eigenvalue weighted by Crippen LogP contribution is 2.33. The highest BCUT2D eigenvalue weighted by atomic mass is 32.2. The first-order chi connectivity index (χ1) is 5.88. The molecule has 0 amide bonds. The van der Waals surface area contributed by atoms with Gasteiger partial charge in [-0.15, -0.1) is 0 Å². The molecule has 1 aliphatic heterocycles. The van der Waals surface area contributed by atoms with Crippen LogP contribution in [0.3, 0.4) is 0 Å². The summed E-state index contributed by atoms with van der Waals surface area (Å²) in [6.07, 6.45) is 3.97. The first-order valence-corrected chi connectivity index (χ1v) is 5.98. The van der Waals surface area contributed by atoms with Crippen molar-refractivity contribution < 1.29 is 5.11 Å². The number of rotatable bonds is 5. The van der Waals surface area contributed by atoms with Gasteiger partial charge in [0, 0.05) is 23.6 Å². The molecule has 1 unspecified atom stereocenters. The standard InChI is InChI=1S/C9H17NOS/c11-4-8(3-7-1-2-7)10-9-5-12-6-9/h7-11H,1-6H2.